The third-order valence-corrected chi connectivity index (χ3v) is 3.84. The highest BCUT2D eigenvalue weighted by Gasteiger charge is 2.07. The predicted octanol–water partition coefficient (Wildman–Crippen LogP) is 4.35. The summed E-state index contributed by atoms with van der Waals surface area (Å²) in [5.41, 5.74) is 2.96. The molecule has 4 heteroatoms. The van der Waals surface area contributed by atoms with Gasteiger partial charge in [-0.2, -0.15) is 0 Å². The van der Waals surface area contributed by atoms with E-state index in [4.69, 9.17) is 4.74 Å². The second-order valence-corrected chi connectivity index (χ2v) is 5.49. The first-order valence-electron chi connectivity index (χ1n) is 7.60. The van der Waals surface area contributed by atoms with Crippen LogP contribution in [0.25, 0.3) is 10.9 Å². The van der Waals surface area contributed by atoms with Crippen molar-refractivity contribution in [2.24, 2.45) is 0 Å². The molecule has 1 heterocycles. The van der Waals surface area contributed by atoms with Crippen LogP contribution in [0.4, 0.5) is 10.2 Å². The van der Waals surface area contributed by atoms with Crippen LogP contribution < -0.4 is 10.1 Å². The normalized spacial score (nSPS) is 10.7. The lowest BCUT2D eigenvalue weighted by Gasteiger charge is -2.11. The lowest BCUT2D eigenvalue weighted by atomic mass is 10.1. The summed E-state index contributed by atoms with van der Waals surface area (Å²) in [5.74, 6) is 1.36. The van der Waals surface area contributed by atoms with E-state index in [1.54, 1.807) is 19.2 Å². The SMILES string of the molecule is COc1cccc2c(C)cc(NCCc3cccc(F)c3)nc12. The minimum atomic E-state index is -0.202. The molecule has 3 nitrogen and oxygen atoms in total. The molecule has 0 saturated carbocycles. The molecule has 0 spiro atoms. The van der Waals surface area contributed by atoms with Gasteiger partial charge in [0.15, 0.2) is 0 Å². The maximum atomic E-state index is 13.2. The van der Waals surface area contributed by atoms with E-state index in [0.29, 0.717) is 6.54 Å². The lowest BCUT2D eigenvalue weighted by molar-refractivity contribution is 0.419. The zero-order chi connectivity index (χ0) is 16.2. The summed E-state index contributed by atoms with van der Waals surface area (Å²) in [6.07, 6.45) is 0.739. The summed E-state index contributed by atoms with van der Waals surface area (Å²) in [6, 6.07) is 14.6. The average Bonchev–Trinajstić information content (AvgIpc) is 2.54. The number of aryl methyl sites for hydroxylation is 1. The predicted molar refractivity (Wildman–Crippen MR) is 91.6 cm³/mol. The number of halogens is 1. The summed E-state index contributed by atoms with van der Waals surface area (Å²) >= 11 is 0. The van der Waals surface area contributed by atoms with Crippen LogP contribution in [0.15, 0.2) is 48.5 Å². The van der Waals surface area contributed by atoms with Gasteiger partial charge in [-0.25, -0.2) is 9.37 Å². The zero-order valence-corrected chi connectivity index (χ0v) is 13.3. The van der Waals surface area contributed by atoms with Crippen molar-refractivity contribution >= 4 is 16.7 Å². The van der Waals surface area contributed by atoms with E-state index in [-0.39, 0.29) is 5.82 Å². The molecular formula is C19H19FN2O. The number of aromatic nitrogens is 1. The third kappa shape index (κ3) is 3.42. The van der Waals surface area contributed by atoms with Crippen molar-refractivity contribution in [2.45, 2.75) is 13.3 Å². The van der Waals surface area contributed by atoms with Crippen molar-refractivity contribution in [1.82, 2.24) is 4.98 Å². The lowest BCUT2D eigenvalue weighted by Crippen LogP contribution is -2.07. The Bertz CT molecular complexity index is 833. The van der Waals surface area contributed by atoms with Crippen molar-refractivity contribution in [3.63, 3.8) is 0 Å². The highest BCUT2D eigenvalue weighted by Crippen LogP contribution is 2.27. The van der Waals surface area contributed by atoms with Gasteiger partial charge in [0.05, 0.1) is 7.11 Å². The number of fused-ring (bicyclic) bond motifs is 1. The Kier molecular flexibility index (Phi) is 4.42. The second kappa shape index (κ2) is 6.65. The number of nitrogens with zero attached hydrogens (tertiary/aromatic N) is 1. The van der Waals surface area contributed by atoms with E-state index in [0.717, 1.165) is 40.0 Å². The largest absolute Gasteiger partial charge is 0.494 e. The number of nitrogens with one attached hydrogen (secondary N) is 1. The summed E-state index contributed by atoms with van der Waals surface area (Å²) < 4.78 is 18.6. The molecule has 0 aliphatic heterocycles. The van der Waals surface area contributed by atoms with E-state index in [2.05, 4.69) is 17.2 Å². The molecule has 118 valence electrons. The third-order valence-electron chi connectivity index (χ3n) is 3.84. The van der Waals surface area contributed by atoms with Crippen LogP contribution in [0, 0.1) is 12.7 Å². The Morgan fingerprint density at radius 1 is 1.13 bits per heavy atom. The fraction of sp³-hybridized carbons (Fsp3) is 0.211. The van der Waals surface area contributed by atoms with Crippen molar-refractivity contribution in [3.05, 3.63) is 65.5 Å². The van der Waals surface area contributed by atoms with Crippen molar-refractivity contribution in [2.75, 3.05) is 19.0 Å². The molecule has 0 bridgehead atoms. The Morgan fingerprint density at radius 2 is 1.96 bits per heavy atom. The molecule has 0 fully saturated rings. The quantitative estimate of drug-likeness (QED) is 0.761. The van der Waals surface area contributed by atoms with Crippen LogP contribution >= 0.6 is 0 Å². The highest BCUT2D eigenvalue weighted by atomic mass is 19.1. The minimum absolute atomic E-state index is 0.202. The Morgan fingerprint density at radius 3 is 2.74 bits per heavy atom. The first-order valence-corrected chi connectivity index (χ1v) is 7.60. The van der Waals surface area contributed by atoms with E-state index in [1.807, 2.05) is 30.3 Å². The molecule has 0 aliphatic rings. The molecular weight excluding hydrogens is 291 g/mol. The molecule has 2 aromatic carbocycles. The van der Waals surface area contributed by atoms with E-state index in [1.165, 1.54) is 6.07 Å². The molecule has 0 amide bonds. The number of anilines is 1. The summed E-state index contributed by atoms with van der Waals surface area (Å²) in [5, 5.41) is 4.39. The molecule has 0 aliphatic carbocycles. The number of pyridine rings is 1. The molecule has 3 aromatic rings. The topological polar surface area (TPSA) is 34.1 Å². The van der Waals surface area contributed by atoms with E-state index >= 15 is 0 Å². The average molecular weight is 310 g/mol. The fourth-order valence-corrected chi connectivity index (χ4v) is 2.67. The summed E-state index contributed by atoms with van der Waals surface area (Å²) in [7, 11) is 1.65. The van der Waals surface area contributed by atoms with Gasteiger partial charge < -0.3 is 10.1 Å². The summed E-state index contributed by atoms with van der Waals surface area (Å²) in [4.78, 5) is 4.65. The number of benzene rings is 2. The monoisotopic (exact) mass is 310 g/mol. The van der Waals surface area contributed by atoms with Crippen LogP contribution in [-0.2, 0) is 6.42 Å². The van der Waals surface area contributed by atoms with E-state index < -0.39 is 0 Å². The van der Waals surface area contributed by atoms with Gasteiger partial charge in [0, 0.05) is 11.9 Å². The first-order chi connectivity index (χ1) is 11.2. The van der Waals surface area contributed by atoms with Gasteiger partial charge in [0.2, 0.25) is 0 Å². The molecule has 0 atom stereocenters. The number of ether oxygens (including phenoxy) is 1. The van der Waals surface area contributed by atoms with Crippen molar-refractivity contribution < 1.29 is 9.13 Å². The number of para-hydroxylation sites is 1. The van der Waals surface area contributed by atoms with Gasteiger partial charge in [0.25, 0.3) is 0 Å². The van der Waals surface area contributed by atoms with E-state index in [9.17, 15) is 4.39 Å². The number of methoxy groups -OCH3 is 1. The van der Waals surface area contributed by atoms with Crippen LogP contribution in [0.5, 0.6) is 5.75 Å². The highest BCUT2D eigenvalue weighted by molar-refractivity contribution is 5.88. The minimum Gasteiger partial charge on any atom is -0.494 e. The maximum Gasteiger partial charge on any atom is 0.145 e. The maximum absolute atomic E-state index is 13.2. The zero-order valence-electron chi connectivity index (χ0n) is 13.3. The molecule has 23 heavy (non-hydrogen) atoms. The number of rotatable bonds is 5. The second-order valence-electron chi connectivity index (χ2n) is 5.49. The van der Waals surface area contributed by atoms with Gasteiger partial charge in [-0.05, 0) is 48.7 Å². The van der Waals surface area contributed by atoms with Gasteiger partial charge in [-0.3, -0.25) is 0 Å². The Hall–Kier alpha value is -2.62. The Labute approximate surface area is 135 Å². The first kappa shape index (κ1) is 15.3. The smallest absolute Gasteiger partial charge is 0.145 e. The van der Waals surface area contributed by atoms with Gasteiger partial charge in [-0.1, -0.05) is 24.3 Å². The van der Waals surface area contributed by atoms with Gasteiger partial charge >= 0.3 is 0 Å². The van der Waals surface area contributed by atoms with Crippen molar-refractivity contribution in [3.8, 4) is 5.75 Å². The van der Waals surface area contributed by atoms with Crippen LogP contribution in [0.2, 0.25) is 0 Å². The van der Waals surface area contributed by atoms with Gasteiger partial charge in [0.1, 0.15) is 22.9 Å². The van der Waals surface area contributed by atoms with Crippen molar-refractivity contribution in [1.29, 1.82) is 0 Å². The van der Waals surface area contributed by atoms with Crippen LogP contribution in [0.3, 0.4) is 0 Å². The Balaban J connectivity index is 1.78. The molecule has 1 N–H and O–H groups in total. The van der Waals surface area contributed by atoms with Gasteiger partial charge in [-0.15, -0.1) is 0 Å². The molecule has 3 rings (SSSR count). The standard InChI is InChI=1S/C19H19FN2O/c1-13-11-18(21-10-9-14-5-3-6-15(20)12-14)22-19-16(13)7-4-8-17(19)23-2/h3-8,11-12H,9-10H2,1-2H3,(H,21,22). The summed E-state index contributed by atoms with van der Waals surface area (Å²) in [6.45, 7) is 2.75. The van der Waals surface area contributed by atoms with Crippen LogP contribution in [0.1, 0.15) is 11.1 Å². The molecule has 0 radical (unpaired) electrons. The number of hydrogen-bond donors (Lipinski definition) is 1. The fourth-order valence-electron chi connectivity index (χ4n) is 2.67. The molecule has 0 saturated heterocycles. The molecule has 1 aromatic heterocycles. The number of hydrogen-bond acceptors (Lipinski definition) is 3. The van der Waals surface area contributed by atoms with Crippen LogP contribution in [-0.4, -0.2) is 18.6 Å². The molecule has 0 unspecified atom stereocenters.